The third kappa shape index (κ3) is 5.60. The molecule has 0 unspecified atom stereocenters. The van der Waals surface area contributed by atoms with Crippen molar-refractivity contribution in [3.63, 3.8) is 0 Å². The summed E-state index contributed by atoms with van der Waals surface area (Å²) in [4.78, 5) is 26.9. The first-order chi connectivity index (χ1) is 19.2. The molecule has 0 radical (unpaired) electrons. The van der Waals surface area contributed by atoms with Crippen LogP contribution in [-0.4, -0.2) is 52.2 Å². The van der Waals surface area contributed by atoms with E-state index in [2.05, 4.69) is 27.5 Å². The van der Waals surface area contributed by atoms with Gasteiger partial charge in [-0.3, -0.25) is 0 Å². The van der Waals surface area contributed by atoms with Gasteiger partial charge in [0.15, 0.2) is 0 Å². The van der Waals surface area contributed by atoms with E-state index >= 15 is 0 Å². The van der Waals surface area contributed by atoms with E-state index in [4.69, 9.17) is 14.5 Å². The lowest BCUT2D eigenvalue weighted by atomic mass is 10.1. The second kappa shape index (κ2) is 11.3. The predicted molar refractivity (Wildman–Crippen MR) is 151 cm³/mol. The van der Waals surface area contributed by atoms with Crippen molar-refractivity contribution in [1.29, 1.82) is 0 Å². The van der Waals surface area contributed by atoms with Crippen molar-refractivity contribution < 1.29 is 9.32 Å². The molecule has 0 aliphatic carbocycles. The molecule has 3 heterocycles. The highest BCUT2D eigenvalue weighted by Gasteiger charge is 2.26. The summed E-state index contributed by atoms with van der Waals surface area (Å²) in [5.41, 5.74) is 4.37. The van der Waals surface area contributed by atoms with Crippen LogP contribution in [0.25, 0.3) is 22.4 Å². The lowest BCUT2D eigenvalue weighted by Gasteiger charge is -2.24. The zero-order chi connectivity index (χ0) is 26.4. The Morgan fingerprint density at radius 2 is 1.49 bits per heavy atom. The summed E-state index contributed by atoms with van der Waals surface area (Å²) in [5, 5.41) is 8.28. The zero-order valence-corrected chi connectivity index (χ0v) is 21.7. The first-order valence-corrected chi connectivity index (χ1v) is 13.3. The minimum Gasteiger partial charge on any atom is -0.354 e. The molecule has 1 N–H and O–H groups in total. The Labute approximate surface area is 227 Å². The van der Waals surface area contributed by atoms with Gasteiger partial charge >= 0.3 is 6.03 Å². The lowest BCUT2D eigenvalue weighted by Crippen LogP contribution is -2.41. The Morgan fingerprint density at radius 1 is 0.795 bits per heavy atom. The molecule has 1 aliphatic rings. The Bertz CT molecular complexity index is 1540. The van der Waals surface area contributed by atoms with Crippen LogP contribution in [0.15, 0.2) is 95.5 Å². The fraction of sp³-hybridized carbons (Fsp3) is 0.226. The molecule has 3 aromatic carbocycles. The van der Waals surface area contributed by atoms with Gasteiger partial charge in [0.1, 0.15) is 22.7 Å². The summed E-state index contributed by atoms with van der Waals surface area (Å²) in [5.74, 6) is 1.48. The van der Waals surface area contributed by atoms with Crippen LogP contribution in [0, 0.1) is 0 Å². The normalized spacial score (nSPS) is 13.8. The highest BCUT2D eigenvalue weighted by Crippen LogP contribution is 2.34. The highest BCUT2D eigenvalue weighted by atomic mass is 16.5. The molecule has 5 aromatic rings. The van der Waals surface area contributed by atoms with Gasteiger partial charge in [0.25, 0.3) is 5.71 Å². The van der Waals surface area contributed by atoms with Crippen LogP contribution >= 0.6 is 0 Å². The molecule has 8 nitrogen and oxygen atoms in total. The van der Waals surface area contributed by atoms with Gasteiger partial charge in [-0.1, -0.05) is 96.2 Å². The molecule has 0 atom stereocenters. The molecule has 196 valence electrons. The quantitative estimate of drug-likeness (QED) is 0.328. The zero-order valence-electron chi connectivity index (χ0n) is 21.7. The van der Waals surface area contributed by atoms with Gasteiger partial charge in [0, 0.05) is 44.7 Å². The standard InChI is InChI=1S/C31H30N6O2/c38-31(32-22-24-13-6-2-7-14-24)37-18-10-17-36(19-20-37)29-27-28(25-15-8-3-9-16-25)35-39-30(27)34-26(33-29)21-23-11-4-1-5-12-23/h1-9,11-16H,10,17-22H2,(H,32,38). The summed E-state index contributed by atoms with van der Waals surface area (Å²) in [6, 6.07) is 30.1. The number of aromatic nitrogens is 3. The van der Waals surface area contributed by atoms with Crippen LogP contribution in [0.2, 0.25) is 0 Å². The van der Waals surface area contributed by atoms with Crippen molar-refractivity contribution in [2.24, 2.45) is 0 Å². The van der Waals surface area contributed by atoms with Crippen LogP contribution in [0.5, 0.6) is 0 Å². The summed E-state index contributed by atoms with van der Waals surface area (Å²) in [7, 11) is 0. The van der Waals surface area contributed by atoms with Crippen LogP contribution in [0.4, 0.5) is 10.6 Å². The van der Waals surface area contributed by atoms with E-state index in [9.17, 15) is 4.79 Å². The molecule has 8 heteroatoms. The van der Waals surface area contributed by atoms with E-state index in [1.165, 1.54) is 0 Å². The Balaban J connectivity index is 1.28. The second-order valence-corrected chi connectivity index (χ2v) is 9.68. The van der Waals surface area contributed by atoms with Crippen LogP contribution in [0.3, 0.4) is 0 Å². The number of amides is 2. The van der Waals surface area contributed by atoms with E-state index in [1.807, 2.05) is 83.8 Å². The maximum absolute atomic E-state index is 13.0. The number of nitrogens with one attached hydrogen (secondary N) is 1. The maximum Gasteiger partial charge on any atom is 0.317 e. The Hall–Kier alpha value is -4.72. The first kappa shape index (κ1) is 24.6. The number of hydrogen-bond acceptors (Lipinski definition) is 6. The van der Waals surface area contributed by atoms with Crippen molar-refractivity contribution in [3.05, 3.63) is 108 Å². The van der Waals surface area contributed by atoms with Crippen LogP contribution in [-0.2, 0) is 13.0 Å². The first-order valence-electron chi connectivity index (χ1n) is 13.3. The third-order valence-corrected chi connectivity index (χ3v) is 6.98. The molecule has 0 spiro atoms. The SMILES string of the molecule is O=C(NCc1ccccc1)N1CCCN(c2nc(Cc3ccccc3)nc3onc(-c4ccccc4)c23)CC1. The van der Waals surface area contributed by atoms with E-state index in [0.29, 0.717) is 44.1 Å². The molecule has 0 bridgehead atoms. The molecule has 0 saturated carbocycles. The molecule has 39 heavy (non-hydrogen) atoms. The number of fused-ring (bicyclic) bond motifs is 1. The summed E-state index contributed by atoms with van der Waals surface area (Å²) >= 11 is 0. The minimum absolute atomic E-state index is 0.0479. The molecule has 2 amide bonds. The molecule has 1 fully saturated rings. The van der Waals surface area contributed by atoms with E-state index in [0.717, 1.165) is 46.6 Å². The number of hydrogen-bond donors (Lipinski definition) is 1. The number of urea groups is 1. The predicted octanol–water partition coefficient (Wildman–Crippen LogP) is 5.30. The lowest BCUT2D eigenvalue weighted by molar-refractivity contribution is 0.201. The average molecular weight is 519 g/mol. The number of carbonyl (C=O) groups is 1. The van der Waals surface area contributed by atoms with E-state index in [1.54, 1.807) is 0 Å². The van der Waals surface area contributed by atoms with Gasteiger partial charge in [-0.05, 0) is 17.5 Å². The van der Waals surface area contributed by atoms with Crippen LogP contribution < -0.4 is 10.2 Å². The number of rotatable bonds is 6. The Morgan fingerprint density at radius 3 is 2.23 bits per heavy atom. The van der Waals surface area contributed by atoms with Gasteiger partial charge in [-0.25, -0.2) is 9.78 Å². The second-order valence-electron chi connectivity index (χ2n) is 9.68. The molecule has 1 saturated heterocycles. The molecular weight excluding hydrogens is 488 g/mol. The van der Waals surface area contributed by atoms with Crippen molar-refractivity contribution in [1.82, 2.24) is 25.3 Å². The fourth-order valence-electron chi connectivity index (χ4n) is 4.98. The molecular formula is C31H30N6O2. The van der Waals surface area contributed by atoms with Gasteiger partial charge in [-0.15, -0.1) is 0 Å². The number of nitrogens with zero attached hydrogens (tertiary/aromatic N) is 5. The van der Waals surface area contributed by atoms with Gasteiger partial charge in [0.05, 0.1) is 0 Å². The molecule has 6 rings (SSSR count). The summed E-state index contributed by atoms with van der Waals surface area (Å²) in [6.07, 6.45) is 1.41. The largest absolute Gasteiger partial charge is 0.354 e. The highest BCUT2D eigenvalue weighted by molar-refractivity contribution is 5.98. The van der Waals surface area contributed by atoms with Gasteiger partial charge in [-0.2, -0.15) is 4.98 Å². The van der Waals surface area contributed by atoms with Crippen molar-refractivity contribution in [2.75, 3.05) is 31.1 Å². The number of anilines is 1. The summed E-state index contributed by atoms with van der Waals surface area (Å²) < 4.78 is 5.78. The van der Waals surface area contributed by atoms with Gasteiger partial charge in [0.2, 0.25) is 0 Å². The Kier molecular flexibility index (Phi) is 7.16. The summed E-state index contributed by atoms with van der Waals surface area (Å²) in [6.45, 7) is 3.19. The maximum atomic E-state index is 13.0. The molecule has 2 aromatic heterocycles. The van der Waals surface area contributed by atoms with E-state index < -0.39 is 0 Å². The minimum atomic E-state index is -0.0479. The number of benzene rings is 3. The monoisotopic (exact) mass is 518 g/mol. The number of carbonyl (C=O) groups excluding carboxylic acids is 1. The third-order valence-electron chi connectivity index (χ3n) is 6.98. The smallest absolute Gasteiger partial charge is 0.317 e. The molecule has 1 aliphatic heterocycles. The van der Waals surface area contributed by atoms with E-state index in [-0.39, 0.29) is 6.03 Å². The van der Waals surface area contributed by atoms with Crippen molar-refractivity contribution >= 4 is 22.9 Å². The topological polar surface area (TPSA) is 87.4 Å². The fourth-order valence-corrected chi connectivity index (χ4v) is 4.98. The van der Waals surface area contributed by atoms with Gasteiger partial charge < -0.3 is 19.6 Å². The van der Waals surface area contributed by atoms with Crippen molar-refractivity contribution in [3.8, 4) is 11.3 Å². The average Bonchev–Trinajstić information content (AvgIpc) is 3.26. The van der Waals surface area contributed by atoms with Crippen LogP contribution in [0.1, 0.15) is 23.4 Å². The van der Waals surface area contributed by atoms with Crippen molar-refractivity contribution in [2.45, 2.75) is 19.4 Å².